The molecule has 3 spiro atoms. The van der Waals surface area contributed by atoms with Crippen molar-refractivity contribution in [1.29, 1.82) is 0 Å². The van der Waals surface area contributed by atoms with Crippen molar-refractivity contribution in [2.45, 2.75) is 160 Å². The van der Waals surface area contributed by atoms with Crippen LogP contribution in [-0.2, 0) is 18.9 Å². The van der Waals surface area contributed by atoms with Crippen molar-refractivity contribution in [3.63, 3.8) is 0 Å². The first-order valence-corrected chi connectivity index (χ1v) is 17.5. The van der Waals surface area contributed by atoms with Gasteiger partial charge in [-0.1, -0.05) is 34.6 Å². The zero-order valence-corrected chi connectivity index (χ0v) is 27.7. The lowest BCUT2D eigenvalue weighted by Gasteiger charge is -2.63. The number of aliphatic hydroxyl groups excluding tert-OH is 4. The second-order valence-electron chi connectivity index (χ2n) is 18.3. The second kappa shape index (κ2) is 9.00. The molecule has 9 heteroatoms. The third-order valence-electron chi connectivity index (χ3n) is 15.9. The Bertz CT molecular complexity index is 1200. The summed E-state index contributed by atoms with van der Waals surface area (Å²) in [5.41, 5.74) is -1.39. The van der Waals surface area contributed by atoms with Crippen molar-refractivity contribution >= 4 is 0 Å². The minimum Gasteiger partial charge on any atom is -0.388 e. The molecule has 3 aliphatic heterocycles. The van der Waals surface area contributed by atoms with Crippen molar-refractivity contribution in [3.8, 4) is 0 Å². The highest BCUT2D eigenvalue weighted by Gasteiger charge is 2.88. The van der Waals surface area contributed by atoms with Gasteiger partial charge in [-0.05, 0) is 105 Å². The van der Waals surface area contributed by atoms with Crippen LogP contribution in [0.4, 0.5) is 0 Å². The predicted molar refractivity (Wildman–Crippen MR) is 159 cm³/mol. The highest BCUT2D eigenvalue weighted by Crippen LogP contribution is 2.90. The van der Waals surface area contributed by atoms with E-state index in [1.54, 1.807) is 13.8 Å². The molecule has 5 aliphatic carbocycles. The number of hydrogen-bond acceptors (Lipinski definition) is 9. The summed E-state index contributed by atoms with van der Waals surface area (Å²) in [5.74, 6) is 0.108. The van der Waals surface area contributed by atoms with Gasteiger partial charge in [-0.3, -0.25) is 0 Å². The normalized spacial score (nSPS) is 62.2. The third-order valence-corrected chi connectivity index (χ3v) is 15.9. The average molecular weight is 621 g/mol. The minimum absolute atomic E-state index is 0.0559. The van der Waals surface area contributed by atoms with Gasteiger partial charge in [0.1, 0.15) is 30.5 Å². The Morgan fingerprint density at radius 1 is 0.841 bits per heavy atom. The first-order chi connectivity index (χ1) is 20.4. The molecule has 0 aromatic carbocycles. The Kier molecular flexibility index (Phi) is 6.33. The van der Waals surface area contributed by atoms with E-state index in [4.69, 9.17) is 18.9 Å². The van der Waals surface area contributed by atoms with Crippen LogP contribution >= 0.6 is 0 Å². The lowest BCUT2D eigenvalue weighted by atomic mass is 9.41. The largest absolute Gasteiger partial charge is 0.388 e. The maximum Gasteiger partial charge on any atom is 0.199 e. The molecule has 8 aliphatic rings. The summed E-state index contributed by atoms with van der Waals surface area (Å²) < 4.78 is 25.8. The van der Waals surface area contributed by atoms with Crippen LogP contribution in [-0.4, -0.2) is 92.5 Å². The molecule has 3 heterocycles. The van der Waals surface area contributed by atoms with E-state index in [1.807, 2.05) is 0 Å². The molecule has 0 aromatic rings. The van der Waals surface area contributed by atoms with Crippen LogP contribution in [0, 0.1) is 50.7 Å². The Hall–Kier alpha value is -0.360. The lowest BCUT2D eigenvalue weighted by molar-refractivity contribution is -0.303. The van der Waals surface area contributed by atoms with Crippen LogP contribution in [0.1, 0.15) is 99.8 Å². The van der Waals surface area contributed by atoms with Gasteiger partial charge < -0.3 is 44.5 Å². The fourth-order valence-electron chi connectivity index (χ4n) is 14.0. The molecule has 8 rings (SSSR count). The SMILES string of the molecule is C[C@@H]1C[C@H]2O[C@@]3(O[C@@H]2C(C)(C)O)[C@H](O)[C@@]2(C)[C@H]4CC[C@H]5C(C)(C)[C@@H](O[C@@H]6OC[C@H](O)[C@@H](O)[C@@H]6O)CC[C@@]56C[C@@]46CC[C@]2(C)[C@@H]13. The highest BCUT2D eigenvalue weighted by atomic mass is 16.8. The predicted octanol–water partition coefficient (Wildman–Crippen LogP) is 3.12. The molecular weight excluding hydrogens is 564 g/mol. The van der Waals surface area contributed by atoms with Crippen LogP contribution in [0.15, 0.2) is 0 Å². The molecule has 17 atom stereocenters. The van der Waals surface area contributed by atoms with E-state index in [0.29, 0.717) is 17.8 Å². The standard InChI is InChI=1S/C35H56O9/c1-17-14-19-26(30(4,5)40)44-35(43-19)25(17)31(6)12-13-34-16-33(34)11-10-22(42-27-24(38)23(37)18(36)15-41-27)29(2,3)20(33)8-9-21(34)32(31,7)28(35)39/h17-28,36-40H,8-16H2,1-7H3/t17-,18+,19-,20+,21-,22+,23-,24+,25-,26+,27+,28-,31-,32-,33-,34+,35+/m1/s1. The van der Waals surface area contributed by atoms with E-state index in [1.165, 1.54) is 6.42 Å². The van der Waals surface area contributed by atoms with E-state index in [2.05, 4.69) is 34.6 Å². The van der Waals surface area contributed by atoms with Gasteiger partial charge in [0.25, 0.3) is 0 Å². The fraction of sp³-hybridized carbons (Fsp3) is 1.00. The van der Waals surface area contributed by atoms with Crippen LogP contribution < -0.4 is 0 Å². The molecule has 0 unspecified atom stereocenters. The smallest absolute Gasteiger partial charge is 0.199 e. The quantitative estimate of drug-likeness (QED) is 0.301. The van der Waals surface area contributed by atoms with Crippen molar-refractivity contribution < 1.29 is 44.5 Å². The van der Waals surface area contributed by atoms with Crippen LogP contribution in [0.25, 0.3) is 0 Å². The second-order valence-corrected chi connectivity index (χ2v) is 18.3. The summed E-state index contributed by atoms with van der Waals surface area (Å²) in [6, 6.07) is 0. The topological polar surface area (TPSA) is 138 Å². The maximum absolute atomic E-state index is 12.7. The van der Waals surface area contributed by atoms with E-state index in [0.717, 1.165) is 44.9 Å². The molecule has 9 nitrogen and oxygen atoms in total. The van der Waals surface area contributed by atoms with E-state index >= 15 is 0 Å². The van der Waals surface area contributed by atoms with Crippen LogP contribution in [0.3, 0.4) is 0 Å². The molecular formula is C35H56O9. The van der Waals surface area contributed by atoms with Crippen LogP contribution in [0.5, 0.6) is 0 Å². The number of hydrogen-bond donors (Lipinski definition) is 5. The molecule has 8 fully saturated rings. The molecule has 0 radical (unpaired) electrons. The van der Waals surface area contributed by atoms with Crippen molar-refractivity contribution in [3.05, 3.63) is 0 Å². The zero-order valence-electron chi connectivity index (χ0n) is 27.7. The van der Waals surface area contributed by atoms with Crippen molar-refractivity contribution in [1.82, 2.24) is 0 Å². The van der Waals surface area contributed by atoms with Gasteiger partial charge in [0.05, 0.1) is 24.4 Å². The summed E-state index contributed by atoms with van der Waals surface area (Å²) in [5, 5.41) is 54.5. The highest BCUT2D eigenvalue weighted by molar-refractivity contribution is 5.34. The molecule has 2 bridgehead atoms. The third kappa shape index (κ3) is 3.38. The molecule has 0 aromatic heterocycles. The molecule has 3 saturated heterocycles. The number of fused-ring (bicyclic) bond motifs is 4. The molecule has 5 saturated carbocycles. The number of aliphatic hydroxyl groups is 5. The molecule has 0 amide bonds. The van der Waals surface area contributed by atoms with Crippen LogP contribution in [0.2, 0.25) is 0 Å². The van der Waals surface area contributed by atoms with Crippen molar-refractivity contribution in [2.75, 3.05) is 6.61 Å². The van der Waals surface area contributed by atoms with E-state index in [-0.39, 0.29) is 51.8 Å². The first-order valence-electron chi connectivity index (χ1n) is 17.5. The summed E-state index contributed by atoms with van der Waals surface area (Å²) in [6.07, 6.45) is 2.00. The van der Waals surface area contributed by atoms with Gasteiger partial charge in [0.2, 0.25) is 0 Å². The van der Waals surface area contributed by atoms with Gasteiger partial charge in [-0.2, -0.15) is 0 Å². The Morgan fingerprint density at radius 3 is 2.23 bits per heavy atom. The van der Waals surface area contributed by atoms with Gasteiger partial charge in [0.15, 0.2) is 12.1 Å². The minimum atomic E-state index is -1.28. The summed E-state index contributed by atoms with van der Waals surface area (Å²) in [6.45, 7) is 15.2. The Labute approximate surface area is 262 Å². The Morgan fingerprint density at radius 2 is 1.52 bits per heavy atom. The number of ether oxygens (including phenoxy) is 4. The molecule has 44 heavy (non-hydrogen) atoms. The van der Waals surface area contributed by atoms with E-state index in [9.17, 15) is 25.5 Å². The fourth-order valence-corrected chi connectivity index (χ4v) is 14.0. The molecule has 250 valence electrons. The lowest BCUT2D eigenvalue weighted by Crippen LogP contribution is -2.61. The summed E-state index contributed by atoms with van der Waals surface area (Å²) in [7, 11) is 0. The summed E-state index contributed by atoms with van der Waals surface area (Å²) >= 11 is 0. The molecule has 5 N–H and O–H groups in total. The number of rotatable bonds is 3. The zero-order chi connectivity index (χ0) is 31.6. The Balaban J connectivity index is 1.10. The van der Waals surface area contributed by atoms with Gasteiger partial charge in [-0.15, -0.1) is 0 Å². The monoisotopic (exact) mass is 620 g/mol. The van der Waals surface area contributed by atoms with Gasteiger partial charge >= 0.3 is 0 Å². The van der Waals surface area contributed by atoms with Crippen molar-refractivity contribution in [2.24, 2.45) is 50.7 Å². The van der Waals surface area contributed by atoms with Gasteiger partial charge in [-0.25, -0.2) is 0 Å². The summed E-state index contributed by atoms with van der Waals surface area (Å²) in [4.78, 5) is 0. The van der Waals surface area contributed by atoms with E-state index < -0.39 is 48.2 Å². The van der Waals surface area contributed by atoms with Gasteiger partial charge in [0, 0.05) is 11.3 Å². The first kappa shape index (κ1) is 30.9. The maximum atomic E-state index is 12.7. The average Bonchev–Trinajstić information content (AvgIpc) is 3.45.